The molecule has 4 rings (SSSR count). The van der Waals surface area contributed by atoms with Gasteiger partial charge in [0, 0.05) is 29.3 Å². The molecule has 0 radical (unpaired) electrons. The van der Waals surface area contributed by atoms with E-state index in [1.165, 1.54) is 6.92 Å². The van der Waals surface area contributed by atoms with Gasteiger partial charge in [-0.3, -0.25) is 14.5 Å². The number of nitrogens with one attached hydrogen (secondary N) is 1. The third-order valence-corrected chi connectivity index (χ3v) is 5.17. The molecule has 1 aromatic carbocycles. The van der Waals surface area contributed by atoms with E-state index in [1.54, 1.807) is 29.6 Å². The van der Waals surface area contributed by atoms with Crippen molar-refractivity contribution in [1.29, 1.82) is 0 Å². The van der Waals surface area contributed by atoms with Gasteiger partial charge in [-0.1, -0.05) is 0 Å². The maximum absolute atomic E-state index is 13.0. The molecule has 7 nitrogen and oxygen atoms in total. The fourth-order valence-electron chi connectivity index (χ4n) is 3.72. The predicted octanol–water partition coefficient (Wildman–Crippen LogP) is 3.34. The van der Waals surface area contributed by atoms with Crippen LogP contribution in [0.4, 0.5) is 10.5 Å². The lowest BCUT2D eigenvalue weighted by Gasteiger charge is -2.15. The maximum atomic E-state index is 13.0. The Morgan fingerprint density at radius 3 is 2.90 bits per heavy atom. The molecule has 2 aromatic rings. The second-order valence-electron chi connectivity index (χ2n) is 7.30. The van der Waals surface area contributed by atoms with Gasteiger partial charge in [0.25, 0.3) is 0 Å². The smallest absolute Gasteiger partial charge is 0.414 e. The third-order valence-electron chi connectivity index (χ3n) is 5.17. The number of amides is 2. The molecule has 2 aliphatic rings. The van der Waals surface area contributed by atoms with E-state index >= 15 is 0 Å². The van der Waals surface area contributed by atoms with Crippen LogP contribution in [0.25, 0.3) is 6.08 Å². The molecule has 2 heterocycles. The van der Waals surface area contributed by atoms with Gasteiger partial charge in [0.1, 0.15) is 6.10 Å². The predicted molar refractivity (Wildman–Crippen MR) is 107 cm³/mol. The van der Waals surface area contributed by atoms with E-state index in [4.69, 9.17) is 9.15 Å². The first-order valence-corrected chi connectivity index (χ1v) is 9.64. The van der Waals surface area contributed by atoms with Crippen molar-refractivity contribution in [3.8, 4) is 0 Å². The highest BCUT2D eigenvalue weighted by atomic mass is 16.6. The molecule has 2 amide bonds. The third kappa shape index (κ3) is 4.08. The van der Waals surface area contributed by atoms with Crippen LogP contribution in [0.5, 0.6) is 0 Å². The van der Waals surface area contributed by atoms with Gasteiger partial charge in [-0.05, 0) is 55.2 Å². The molecule has 1 saturated heterocycles. The maximum Gasteiger partial charge on any atom is 0.414 e. The van der Waals surface area contributed by atoms with Crippen molar-refractivity contribution < 1.29 is 23.5 Å². The molecule has 0 saturated carbocycles. The van der Waals surface area contributed by atoms with Crippen LogP contribution in [-0.2, 0) is 16.0 Å². The number of benzene rings is 1. The van der Waals surface area contributed by atoms with Crippen molar-refractivity contribution in [3.05, 3.63) is 59.1 Å². The van der Waals surface area contributed by atoms with Gasteiger partial charge in [-0.15, -0.1) is 0 Å². The summed E-state index contributed by atoms with van der Waals surface area (Å²) in [4.78, 5) is 37.9. The quantitative estimate of drug-likeness (QED) is 0.635. The molecule has 0 unspecified atom stereocenters. The van der Waals surface area contributed by atoms with Crippen molar-refractivity contribution in [1.82, 2.24) is 5.32 Å². The van der Waals surface area contributed by atoms with Crippen LogP contribution in [0, 0.1) is 0 Å². The van der Waals surface area contributed by atoms with Gasteiger partial charge in [0.2, 0.25) is 5.91 Å². The molecule has 1 fully saturated rings. The Morgan fingerprint density at radius 2 is 2.14 bits per heavy atom. The van der Waals surface area contributed by atoms with Crippen molar-refractivity contribution in [3.63, 3.8) is 0 Å². The van der Waals surface area contributed by atoms with Crippen LogP contribution in [0.15, 0.2) is 46.8 Å². The Kier molecular flexibility index (Phi) is 5.20. The normalized spacial score (nSPS) is 20.4. The Balaban J connectivity index is 1.55. The highest BCUT2D eigenvalue weighted by Gasteiger charge is 2.33. The number of hydrogen-bond donors (Lipinski definition) is 1. The van der Waals surface area contributed by atoms with Crippen LogP contribution in [0.2, 0.25) is 0 Å². The van der Waals surface area contributed by atoms with Crippen molar-refractivity contribution >= 4 is 29.5 Å². The summed E-state index contributed by atoms with van der Waals surface area (Å²) in [5, 5.41) is 2.67. The number of carbonyl (C=O) groups excluding carboxylic acids is 3. The highest BCUT2D eigenvalue weighted by molar-refractivity contribution is 6.12. The fraction of sp³-hybridized carbons (Fsp3) is 0.318. The zero-order chi connectivity index (χ0) is 20.4. The van der Waals surface area contributed by atoms with Crippen molar-refractivity contribution in [2.75, 3.05) is 18.0 Å². The number of nitrogens with zero attached hydrogens (tertiary/aromatic N) is 1. The van der Waals surface area contributed by atoms with Gasteiger partial charge in [-0.25, -0.2) is 4.79 Å². The number of ketones is 1. The SMILES string of the molecule is CC(=O)NC[C@H]1CN(c2ccc3c(c2)CCCC(=Cc2ccoc2)C3=O)C(=O)O1. The second kappa shape index (κ2) is 7.95. The molecule has 0 bridgehead atoms. The van der Waals surface area contributed by atoms with Gasteiger partial charge in [-0.2, -0.15) is 0 Å². The van der Waals surface area contributed by atoms with Crippen molar-refractivity contribution in [2.45, 2.75) is 32.3 Å². The van der Waals surface area contributed by atoms with Crippen LogP contribution < -0.4 is 10.2 Å². The minimum absolute atomic E-state index is 0.0118. The summed E-state index contributed by atoms with van der Waals surface area (Å²) in [7, 11) is 0. The van der Waals surface area contributed by atoms with E-state index in [0.29, 0.717) is 24.2 Å². The molecule has 1 N–H and O–H groups in total. The minimum atomic E-state index is -0.444. The Morgan fingerprint density at radius 1 is 1.28 bits per heavy atom. The lowest BCUT2D eigenvalue weighted by molar-refractivity contribution is -0.119. The van der Waals surface area contributed by atoms with E-state index < -0.39 is 12.2 Å². The van der Waals surface area contributed by atoms with Gasteiger partial charge >= 0.3 is 6.09 Å². The van der Waals surface area contributed by atoms with Crippen LogP contribution >= 0.6 is 0 Å². The Bertz CT molecular complexity index is 977. The number of hydrogen-bond acceptors (Lipinski definition) is 5. The zero-order valence-electron chi connectivity index (χ0n) is 16.1. The van der Waals surface area contributed by atoms with E-state index in [2.05, 4.69) is 5.32 Å². The Hall–Kier alpha value is -3.35. The van der Waals surface area contributed by atoms with Crippen LogP contribution in [0.1, 0.15) is 41.3 Å². The summed E-state index contributed by atoms with van der Waals surface area (Å²) < 4.78 is 10.4. The lowest BCUT2D eigenvalue weighted by Crippen LogP contribution is -2.33. The van der Waals surface area contributed by atoms with E-state index in [0.717, 1.165) is 29.5 Å². The van der Waals surface area contributed by atoms with E-state index in [-0.39, 0.29) is 18.2 Å². The fourth-order valence-corrected chi connectivity index (χ4v) is 3.72. The number of cyclic esters (lactones) is 1. The number of furan rings is 1. The molecule has 7 heteroatoms. The minimum Gasteiger partial charge on any atom is -0.472 e. The highest BCUT2D eigenvalue weighted by Crippen LogP contribution is 2.30. The van der Waals surface area contributed by atoms with Crippen LogP contribution in [0.3, 0.4) is 0 Å². The number of allylic oxidation sites excluding steroid dienone is 1. The standard InChI is InChI=1S/C22H22N2O5/c1-14(25)23-11-19-12-24(22(27)29-19)18-5-6-20-16(10-18)3-2-4-17(21(20)26)9-15-7-8-28-13-15/h5-10,13,19H,2-4,11-12H2,1H3,(H,23,25)/t19-/m0/s1. The van der Waals surface area contributed by atoms with E-state index in [1.807, 2.05) is 18.2 Å². The van der Waals surface area contributed by atoms with E-state index in [9.17, 15) is 14.4 Å². The average molecular weight is 394 g/mol. The van der Waals surface area contributed by atoms with Gasteiger partial charge in [0.15, 0.2) is 5.78 Å². The largest absolute Gasteiger partial charge is 0.472 e. The molecular weight excluding hydrogens is 372 g/mol. The molecule has 0 spiro atoms. The number of ether oxygens (including phenoxy) is 1. The van der Waals surface area contributed by atoms with Crippen LogP contribution in [-0.4, -0.2) is 37.0 Å². The van der Waals surface area contributed by atoms with Gasteiger partial charge < -0.3 is 14.5 Å². The summed E-state index contributed by atoms with van der Waals surface area (Å²) in [6.07, 6.45) is 6.54. The second-order valence-corrected chi connectivity index (χ2v) is 7.30. The molecule has 1 aliphatic heterocycles. The summed E-state index contributed by atoms with van der Waals surface area (Å²) >= 11 is 0. The first kappa shape index (κ1) is 19.0. The Labute approximate surface area is 168 Å². The first-order valence-electron chi connectivity index (χ1n) is 9.64. The number of Topliss-reactive ketones (excluding diaryl/α,β-unsaturated/α-hetero) is 1. The molecule has 1 atom stereocenters. The number of carbonyl (C=O) groups is 3. The molecule has 1 aromatic heterocycles. The number of fused-ring (bicyclic) bond motifs is 1. The zero-order valence-corrected chi connectivity index (χ0v) is 16.1. The molecular formula is C22H22N2O5. The number of anilines is 1. The average Bonchev–Trinajstić information content (AvgIpc) is 3.31. The summed E-state index contributed by atoms with van der Waals surface area (Å²) in [5.74, 6) is -0.153. The number of rotatable bonds is 4. The summed E-state index contributed by atoms with van der Waals surface area (Å²) in [5.41, 5.74) is 3.94. The number of aryl methyl sites for hydroxylation is 1. The molecule has 150 valence electrons. The van der Waals surface area contributed by atoms with Crippen molar-refractivity contribution in [2.24, 2.45) is 0 Å². The van der Waals surface area contributed by atoms with Gasteiger partial charge in [0.05, 0.1) is 25.6 Å². The summed E-state index contributed by atoms with van der Waals surface area (Å²) in [6.45, 7) is 2.06. The lowest BCUT2D eigenvalue weighted by atomic mass is 9.98. The molecule has 1 aliphatic carbocycles. The molecule has 29 heavy (non-hydrogen) atoms. The topological polar surface area (TPSA) is 88.9 Å². The first-order chi connectivity index (χ1) is 14.0. The monoisotopic (exact) mass is 394 g/mol. The summed E-state index contributed by atoms with van der Waals surface area (Å²) in [6, 6.07) is 7.29.